The molecule has 1 fully saturated rings. The molecule has 0 radical (unpaired) electrons. The smallest absolute Gasteiger partial charge is 0.0715 e. The fourth-order valence-corrected chi connectivity index (χ4v) is 2.12. The molecule has 2 N–H and O–H groups in total. The Morgan fingerprint density at radius 2 is 2.20 bits per heavy atom. The third-order valence-corrected chi connectivity index (χ3v) is 2.90. The van der Waals surface area contributed by atoms with Gasteiger partial charge in [0.2, 0.25) is 0 Å². The first kappa shape index (κ1) is 12.9. The van der Waals surface area contributed by atoms with Crippen LogP contribution in [0.1, 0.15) is 33.6 Å². The molecule has 0 saturated carbocycles. The Kier molecular flexibility index (Phi) is 5.03. The predicted molar refractivity (Wildman–Crippen MR) is 64.0 cm³/mol. The summed E-state index contributed by atoms with van der Waals surface area (Å²) in [6.45, 7) is 11.3. The van der Waals surface area contributed by atoms with E-state index in [1.165, 1.54) is 25.9 Å². The lowest BCUT2D eigenvalue weighted by Gasteiger charge is -2.31. The highest BCUT2D eigenvalue weighted by Crippen LogP contribution is 2.14. The highest BCUT2D eigenvalue weighted by Gasteiger charge is 2.16. The molecule has 1 saturated heterocycles. The van der Waals surface area contributed by atoms with Gasteiger partial charge in [-0.3, -0.25) is 0 Å². The van der Waals surface area contributed by atoms with Gasteiger partial charge in [0.1, 0.15) is 0 Å². The van der Waals surface area contributed by atoms with Crippen molar-refractivity contribution in [2.24, 2.45) is 5.92 Å². The highest BCUT2D eigenvalue weighted by atomic mass is 16.3. The lowest BCUT2D eigenvalue weighted by atomic mass is 10.0. The molecule has 0 aliphatic carbocycles. The minimum Gasteiger partial charge on any atom is -0.389 e. The van der Waals surface area contributed by atoms with Crippen LogP contribution < -0.4 is 5.32 Å². The number of hydrogen-bond donors (Lipinski definition) is 2. The number of piperidine rings is 1. The van der Waals surface area contributed by atoms with Crippen LogP contribution in [0, 0.1) is 5.92 Å². The van der Waals surface area contributed by atoms with Gasteiger partial charge >= 0.3 is 0 Å². The normalized spacial score (nSPS) is 24.4. The Labute approximate surface area is 93.9 Å². The first-order valence-corrected chi connectivity index (χ1v) is 6.13. The molecule has 3 heteroatoms. The van der Waals surface area contributed by atoms with Crippen LogP contribution in [0.4, 0.5) is 0 Å². The average Bonchev–Trinajstić information content (AvgIpc) is 2.11. The third kappa shape index (κ3) is 6.13. The van der Waals surface area contributed by atoms with Crippen LogP contribution in [0.15, 0.2) is 0 Å². The van der Waals surface area contributed by atoms with Gasteiger partial charge in [0.05, 0.1) is 5.60 Å². The Morgan fingerprint density at radius 3 is 2.80 bits per heavy atom. The van der Waals surface area contributed by atoms with Crippen LogP contribution in [0.3, 0.4) is 0 Å². The molecule has 0 amide bonds. The number of likely N-dealkylation sites (tertiary alicyclic amines) is 1. The molecule has 1 rings (SSSR count). The van der Waals surface area contributed by atoms with E-state index in [2.05, 4.69) is 17.1 Å². The van der Waals surface area contributed by atoms with Gasteiger partial charge in [0.15, 0.2) is 0 Å². The minimum absolute atomic E-state index is 0.588. The first-order valence-electron chi connectivity index (χ1n) is 6.13. The molecule has 0 unspecified atom stereocenters. The zero-order valence-electron chi connectivity index (χ0n) is 10.4. The predicted octanol–water partition coefficient (Wildman–Crippen LogP) is 1.08. The lowest BCUT2D eigenvalue weighted by Crippen LogP contribution is -2.42. The molecule has 0 aromatic carbocycles. The van der Waals surface area contributed by atoms with Crippen molar-refractivity contribution in [2.45, 2.75) is 39.2 Å². The first-order chi connectivity index (χ1) is 6.97. The van der Waals surface area contributed by atoms with E-state index in [-0.39, 0.29) is 0 Å². The Morgan fingerprint density at radius 1 is 1.47 bits per heavy atom. The van der Waals surface area contributed by atoms with E-state index in [0.29, 0.717) is 6.54 Å². The standard InChI is InChI=1S/C12H26N2O/c1-11-5-4-7-14(9-11)8-6-13-10-12(2,3)15/h11,13,15H,4-10H2,1-3H3/t11-/m0/s1. The van der Waals surface area contributed by atoms with Crippen molar-refractivity contribution in [1.29, 1.82) is 0 Å². The van der Waals surface area contributed by atoms with Crippen molar-refractivity contribution in [3.8, 4) is 0 Å². The van der Waals surface area contributed by atoms with E-state index in [0.717, 1.165) is 19.0 Å². The van der Waals surface area contributed by atoms with E-state index < -0.39 is 5.60 Å². The van der Waals surface area contributed by atoms with Gasteiger partial charge in [-0.05, 0) is 39.2 Å². The molecule has 0 aromatic rings. The van der Waals surface area contributed by atoms with Crippen LogP contribution in [-0.4, -0.2) is 48.3 Å². The largest absolute Gasteiger partial charge is 0.389 e. The van der Waals surface area contributed by atoms with E-state index in [9.17, 15) is 5.11 Å². The van der Waals surface area contributed by atoms with Crippen molar-refractivity contribution in [3.05, 3.63) is 0 Å². The molecule has 3 nitrogen and oxygen atoms in total. The molecule has 15 heavy (non-hydrogen) atoms. The average molecular weight is 214 g/mol. The summed E-state index contributed by atoms with van der Waals surface area (Å²) in [7, 11) is 0. The SMILES string of the molecule is C[C@H]1CCCN(CCNCC(C)(C)O)C1. The van der Waals surface area contributed by atoms with Crippen molar-refractivity contribution in [3.63, 3.8) is 0 Å². The second-order valence-electron chi connectivity index (χ2n) is 5.54. The fourth-order valence-electron chi connectivity index (χ4n) is 2.12. The molecule has 0 spiro atoms. The molecule has 1 aliphatic heterocycles. The molecule has 1 atom stereocenters. The van der Waals surface area contributed by atoms with Crippen molar-refractivity contribution >= 4 is 0 Å². The second-order valence-corrected chi connectivity index (χ2v) is 5.54. The zero-order chi connectivity index (χ0) is 11.3. The maximum Gasteiger partial charge on any atom is 0.0715 e. The summed E-state index contributed by atoms with van der Waals surface area (Å²) in [6.07, 6.45) is 2.72. The number of nitrogens with one attached hydrogen (secondary N) is 1. The van der Waals surface area contributed by atoms with E-state index in [4.69, 9.17) is 0 Å². The van der Waals surface area contributed by atoms with Gasteiger partial charge in [-0.1, -0.05) is 6.92 Å². The van der Waals surface area contributed by atoms with E-state index >= 15 is 0 Å². The maximum atomic E-state index is 9.52. The number of hydrogen-bond acceptors (Lipinski definition) is 3. The van der Waals surface area contributed by atoms with Crippen LogP contribution >= 0.6 is 0 Å². The topological polar surface area (TPSA) is 35.5 Å². The van der Waals surface area contributed by atoms with Gasteiger partial charge in [0, 0.05) is 26.2 Å². The molecule has 0 bridgehead atoms. The molecule has 0 aromatic heterocycles. The van der Waals surface area contributed by atoms with Crippen LogP contribution in [0.25, 0.3) is 0 Å². The Balaban J connectivity index is 2.04. The summed E-state index contributed by atoms with van der Waals surface area (Å²) >= 11 is 0. The molecular weight excluding hydrogens is 188 g/mol. The van der Waals surface area contributed by atoms with Crippen molar-refractivity contribution < 1.29 is 5.11 Å². The van der Waals surface area contributed by atoms with Gasteiger partial charge in [-0.2, -0.15) is 0 Å². The van der Waals surface area contributed by atoms with Crippen molar-refractivity contribution in [2.75, 3.05) is 32.7 Å². The van der Waals surface area contributed by atoms with Gasteiger partial charge in [-0.25, -0.2) is 0 Å². The molecular formula is C12H26N2O. The Hall–Kier alpha value is -0.120. The summed E-state index contributed by atoms with van der Waals surface area (Å²) in [5.41, 5.74) is -0.588. The summed E-state index contributed by atoms with van der Waals surface area (Å²) < 4.78 is 0. The minimum atomic E-state index is -0.588. The quantitative estimate of drug-likeness (QED) is 0.672. The third-order valence-electron chi connectivity index (χ3n) is 2.90. The van der Waals surface area contributed by atoms with E-state index in [1.807, 2.05) is 13.8 Å². The van der Waals surface area contributed by atoms with Gasteiger partial charge in [-0.15, -0.1) is 0 Å². The van der Waals surface area contributed by atoms with Gasteiger partial charge in [0.25, 0.3) is 0 Å². The monoisotopic (exact) mass is 214 g/mol. The lowest BCUT2D eigenvalue weighted by molar-refractivity contribution is 0.0783. The van der Waals surface area contributed by atoms with Crippen LogP contribution in [0.5, 0.6) is 0 Å². The summed E-state index contributed by atoms with van der Waals surface area (Å²) in [5.74, 6) is 0.855. The fraction of sp³-hybridized carbons (Fsp3) is 1.00. The number of aliphatic hydroxyl groups is 1. The maximum absolute atomic E-state index is 9.52. The van der Waals surface area contributed by atoms with Gasteiger partial charge < -0.3 is 15.3 Å². The summed E-state index contributed by atoms with van der Waals surface area (Å²) in [5, 5.41) is 12.8. The highest BCUT2D eigenvalue weighted by molar-refractivity contribution is 4.72. The number of rotatable bonds is 5. The van der Waals surface area contributed by atoms with Crippen molar-refractivity contribution in [1.82, 2.24) is 10.2 Å². The Bertz CT molecular complexity index is 177. The second kappa shape index (κ2) is 5.83. The van der Waals surface area contributed by atoms with E-state index in [1.54, 1.807) is 0 Å². The molecule has 1 heterocycles. The van der Waals surface area contributed by atoms with Crippen LogP contribution in [0.2, 0.25) is 0 Å². The molecule has 1 aliphatic rings. The number of nitrogens with zero attached hydrogens (tertiary/aromatic N) is 1. The van der Waals surface area contributed by atoms with Crippen LogP contribution in [-0.2, 0) is 0 Å². The summed E-state index contributed by atoms with van der Waals surface area (Å²) in [4.78, 5) is 2.52. The molecule has 90 valence electrons. The summed E-state index contributed by atoms with van der Waals surface area (Å²) in [6, 6.07) is 0. The zero-order valence-corrected chi connectivity index (χ0v) is 10.4.